The molecule has 0 saturated heterocycles. The first kappa shape index (κ1) is 70.4. The molecule has 0 fully saturated rings. The average Bonchev–Trinajstić information content (AvgIpc) is 3.39. The molecule has 6 nitrogen and oxygen atoms in total. The molecule has 0 saturated carbocycles. The van der Waals surface area contributed by atoms with Crippen molar-refractivity contribution in [3.8, 4) is 0 Å². The van der Waals surface area contributed by atoms with Crippen LogP contribution in [0.15, 0.2) is 48.6 Å². The first-order valence-corrected chi connectivity index (χ1v) is 32.1. The lowest BCUT2D eigenvalue weighted by molar-refractivity contribution is -0.167. The van der Waals surface area contributed by atoms with E-state index in [0.717, 1.165) is 83.5 Å². The van der Waals surface area contributed by atoms with Gasteiger partial charge in [-0.1, -0.05) is 313 Å². The number of hydrogen-bond acceptors (Lipinski definition) is 6. The predicted molar refractivity (Wildman–Crippen MR) is 316 cm³/mol. The molecule has 426 valence electrons. The Morgan fingerprint density at radius 1 is 0.288 bits per heavy atom. The summed E-state index contributed by atoms with van der Waals surface area (Å²) in [4.78, 5) is 38.2. The van der Waals surface area contributed by atoms with Gasteiger partial charge in [-0.15, -0.1) is 0 Å². The van der Waals surface area contributed by atoms with Crippen molar-refractivity contribution in [3.05, 3.63) is 48.6 Å². The number of hydrogen-bond donors (Lipinski definition) is 0. The number of ether oxygens (including phenoxy) is 3. The highest BCUT2D eigenvalue weighted by atomic mass is 16.6. The molecule has 73 heavy (non-hydrogen) atoms. The zero-order chi connectivity index (χ0) is 52.9. The fourth-order valence-corrected chi connectivity index (χ4v) is 9.56. The molecule has 1 atom stereocenters. The number of allylic oxidation sites excluding steroid dienone is 8. The van der Waals surface area contributed by atoms with E-state index in [0.29, 0.717) is 19.3 Å². The molecular formula is C67H122O6. The van der Waals surface area contributed by atoms with Gasteiger partial charge in [0.2, 0.25) is 0 Å². The summed E-state index contributed by atoms with van der Waals surface area (Å²) in [7, 11) is 0. The Bertz CT molecular complexity index is 1270. The van der Waals surface area contributed by atoms with E-state index < -0.39 is 6.10 Å². The molecule has 0 aromatic heterocycles. The van der Waals surface area contributed by atoms with Crippen LogP contribution in [-0.2, 0) is 28.6 Å². The maximum Gasteiger partial charge on any atom is 0.306 e. The normalized spacial score (nSPS) is 12.3. The molecule has 0 heterocycles. The Morgan fingerprint density at radius 3 is 0.836 bits per heavy atom. The van der Waals surface area contributed by atoms with Gasteiger partial charge in [-0.2, -0.15) is 0 Å². The molecule has 0 rings (SSSR count). The van der Waals surface area contributed by atoms with Crippen LogP contribution in [0.2, 0.25) is 0 Å². The Labute approximate surface area is 454 Å². The standard InChI is InChI=1S/C67H122O6/c1-4-7-10-13-16-19-22-25-27-29-30-31-32-33-34-35-36-37-38-39-41-42-45-48-51-54-57-60-66(69)72-63-64(62-71-65(68)59-56-53-50-47-44-24-21-18-15-12-9-6-3)73-67(70)61-58-55-52-49-46-43-40-28-26-23-20-17-14-11-8-5-2/h7,10,16,19,25,27,30-31,64H,4-6,8-9,11-15,17-18,20-24,26,28-29,32-63H2,1-3H3/b10-7-,19-16-,27-25-,31-30-. The van der Waals surface area contributed by atoms with E-state index in [9.17, 15) is 14.4 Å². The smallest absolute Gasteiger partial charge is 0.306 e. The first-order valence-electron chi connectivity index (χ1n) is 32.1. The minimum Gasteiger partial charge on any atom is -0.462 e. The summed E-state index contributed by atoms with van der Waals surface area (Å²) >= 11 is 0. The van der Waals surface area contributed by atoms with Gasteiger partial charge < -0.3 is 14.2 Å². The summed E-state index contributed by atoms with van der Waals surface area (Å²) < 4.78 is 16.9. The zero-order valence-corrected chi connectivity index (χ0v) is 48.9. The Hall–Kier alpha value is -2.63. The highest BCUT2D eigenvalue weighted by molar-refractivity contribution is 5.71. The van der Waals surface area contributed by atoms with Crippen molar-refractivity contribution in [2.75, 3.05) is 13.2 Å². The molecule has 0 spiro atoms. The maximum absolute atomic E-state index is 12.9. The van der Waals surface area contributed by atoms with Crippen LogP contribution in [0.4, 0.5) is 0 Å². The van der Waals surface area contributed by atoms with E-state index in [1.165, 1.54) is 218 Å². The fraction of sp³-hybridized carbons (Fsp3) is 0.836. The topological polar surface area (TPSA) is 78.9 Å². The van der Waals surface area contributed by atoms with Gasteiger partial charge in [0.25, 0.3) is 0 Å². The quantitative estimate of drug-likeness (QED) is 0.0261. The zero-order valence-electron chi connectivity index (χ0n) is 48.9. The molecule has 0 aliphatic heterocycles. The third kappa shape index (κ3) is 60.1. The minimum atomic E-state index is -0.768. The van der Waals surface area contributed by atoms with E-state index in [2.05, 4.69) is 69.4 Å². The Balaban J connectivity index is 4.20. The van der Waals surface area contributed by atoms with Crippen LogP contribution >= 0.6 is 0 Å². The van der Waals surface area contributed by atoms with Gasteiger partial charge >= 0.3 is 17.9 Å². The molecule has 1 unspecified atom stereocenters. The van der Waals surface area contributed by atoms with E-state index in [1.807, 2.05) is 0 Å². The lowest BCUT2D eigenvalue weighted by Gasteiger charge is -2.18. The third-order valence-corrected chi connectivity index (χ3v) is 14.3. The lowest BCUT2D eigenvalue weighted by Crippen LogP contribution is -2.30. The molecule has 0 aromatic carbocycles. The van der Waals surface area contributed by atoms with Gasteiger partial charge in [0, 0.05) is 19.3 Å². The second kappa shape index (κ2) is 61.9. The molecule has 0 amide bonds. The van der Waals surface area contributed by atoms with E-state index in [1.54, 1.807) is 0 Å². The largest absolute Gasteiger partial charge is 0.462 e. The molecule has 0 aliphatic rings. The summed E-state index contributed by atoms with van der Waals surface area (Å²) in [5, 5.41) is 0. The monoisotopic (exact) mass is 1020 g/mol. The summed E-state index contributed by atoms with van der Waals surface area (Å²) in [6.07, 6.45) is 76.9. The number of esters is 3. The molecule has 0 N–H and O–H groups in total. The molecular weight excluding hydrogens is 901 g/mol. The summed E-state index contributed by atoms with van der Waals surface area (Å²) in [5.41, 5.74) is 0. The Kier molecular flexibility index (Phi) is 59.7. The van der Waals surface area contributed by atoms with Crippen LogP contribution in [0.5, 0.6) is 0 Å². The predicted octanol–water partition coefficient (Wildman–Crippen LogP) is 21.8. The van der Waals surface area contributed by atoms with Crippen molar-refractivity contribution in [2.24, 2.45) is 0 Å². The van der Waals surface area contributed by atoms with Crippen molar-refractivity contribution >= 4 is 17.9 Å². The summed E-state index contributed by atoms with van der Waals surface area (Å²) in [6, 6.07) is 0. The number of rotatable bonds is 59. The molecule has 0 aromatic rings. The highest BCUT2D eigenvalue weighted by Crippen LogP contribution is 2.18. The molecule has 0 radical (unpaired) electrons. The van der Waals surface area contributed by atoms with Crippen LogP contribution in [0.25, 0.3) is 0 Å². The van der Waals surface area contributed by atoms with Crippen molar-refractivity contribution in [3.63, 3.8) is 0 Å². The van der Waals surface area contributed by atoms with Crippen molar-refractivity contribution < 1.29 is 28.6 Å². The van der Waals surface area contributed by atoms with Crippen LogP contribution in [0.3, 0.4) is 0 Å². The minimum absolute atomic E-state index is 0.0666. The van der Waals surface area contributed by atoms with Gasteiger partial charge in [-0.3, -0.25) is 14.4 Å². The van der Waals surface area contributed by atoms with E-state index >= 15 is 0 Å². The van der Waals surface area contributed by atoms with Crippen LogP contribution in [-0.4, -0.2) is 37.2 Å². The van der Waals surface area contributed by atoms with Gasteiger partial charge in [-0.05, 0) is 57.8 Å². The maximum atomic E-state index is 12.9. The molecule has 6 heteroatoms. The van der Waals surface area contributed by atoms with Crippen molar-refractivity contribution in [1.29, 1.82) is 0 Å². The Morgan fingerprint density at radius 2 is 0.534 bits per heavy atom. The highest BCUT2D eigenvalue weighted by Gasteiger charge is 2.19. The van der Waals surface area contributed by atoms with Gasteiger partial charge in [0.05, 0.1) is 0 Å². The SMILES string of the molecule is CC/C=C\C/C=C\C/C=C\C/C=C\CCCCCCCCCCCCCCCCC(=O)OCC(COC(=O)CCCCCCCCCCCCCC)OC(=O)CCCCCCCCCCCCCCCCCC. The van der Waals surface area contributed by atoms with Crippen LogP contribution in [0, 0.1) is 0 Å². The van der Waals surface area contributed by atoms with Gasteiger partial charge in [-0.25, -0.2) is 0 Å². The molecule has 0 aliphatic carbocycles. The van der Waals surface area contributed by atoms with Crippen LogP contribution in [0.1, 0.15) is 342 Å². The van der Waals surface area contributed by atoms with Crippen molar-refractivity contribution in [2.45, 2.75) is 348 Å². The lowest BCUT2D eigenvalue weighted by atomic mass is 10.0. The number of carbonyl (C=O) groups excluding carboxylic acids is 3. The van der Waals surface area contributed by atoms with E-state index in [4.69, 9.17) is 14.2 Å². The van der Waals surface area contributed by atoms with Crippen molar-refractivity contribution in [1.82, 2.24) is 0 Å². The van der Waals surface area contributed by atoms with E-state index in [-0.39, 0.29) is 31.1 Å². The van der Waals surface area contributed by atoms with Gasteiger partial charge in [0.15, 0.2) is 6.10 Å². The van der Waals surface area contributed by atoms with Gasteiger partial charge in [0.1, 0.15) is 13.2 Å². The fourth-order valence-electron chi connectivity index (χ4n) is 9.56. The summed E-state index contributed by atoms with van der Waals surface area (Å²) in [6.45, 7) is 6.58. The summed E-state index contributed by atoms with van der Waals surface area (Å²) in [5.74, 6) is -0.844. The second-order valence-electron chi connectivity index (χ2n) is 21.7. The average molecular weight is 1020 g/mol. The number of unbranched alkanes of at least 4 members (excludes halogenated alkanes) is 40. The van der Waals surface area contributed by atoms with Crippen LogP contribution < -0.4 is 0 Å². The first-order chi connectivity index (χ1) is 36.0. The third-order valence-electron chi connectivity index (χ3n) is 14.3. The number of carbonyl (C=O) groups is 3. The molecule has 0 bridgehead atoms. The second-order valence-corrected chi connectivity index (χ2v) is 21.7.